The van der Waals surface area contributed by atoms with Crippen LogP contribution in [-0.4, -0.2) is 36.2 Å². The molecule has 0 aliphatic heterocycles. The molecule has 0 unspecified atom stereocenters. The van der Waals surface area contributed by atoms with Gasteiger partial charge in [0.05, 0.1) is 11.2 Å². The Labute approximate surface area is 171 Å². The molecular weight excluding hydrogens is 378 g/mol. The lowest BCUT2D eigenvalue weighted by molar-refractivity contribution is -0.117. The van der Waals surface area contributed by atoms with Crippen LogP contribution in [0.15, 0.2) is 30.5 Å². The Bertz CT molecular complexity index is 968. The van der Waals surface area contributed by atoms with Crippen LogP contribution in [0, 0.1) is 12.7 Å². The van der Waals surface area contributed by atoms with E-state index >= 15 is 0 Å². The van der Waals surface area contributed by atoms with Crippen molar-refractivity contribution < 1.29 is 9.18 Å². The molecular formula is C20H22BClFN4O. The van der Waals surface area contributed by atoms with Crippen molar-refractivity contribution in [1.82, 2.24) is 15.0 Å². The summed E-state index contributed by atoms with van der Waals surface area (Å²) in [6.45, 7) is 5.84. The summed E-state index contributed by atoms with van der Waals surface area (Å²) in [5.74, 6) is 0.134. The van der Waals surface area contributed by atoms with Crippen molar-refractivity contribution in [2.24, 2.45) is 0 Å². The summed E-state index contributed by atoms with van der Waals surface area (Å²) in [5, 5.41) is 2.93. The number of fused-ring (bicyclic) bond motifs is 1. The Morgan fingerprint density at radius 1 is 1.18 bits per heavy atom. The minimum atomic E-state index is -0.494. The molecule has 1 N–H and O–H groups in total. The molecule has 3 radical (unpaired) electrons. The highest BCUT2D eigenvalue weighted by atomic mass is 35.5. The molecule has 145 valence electrons. The third-order valence-corrected chi connectivity index (χ3v) is 4.15. The maximum absolute atomic E-state index is 13.2. The van der Waals surface area contributed by atoms with Gasteiger partial charge in [0.1, 0.15) is 22.9 Å². The highest BCUT2D eigenvalue weighted by molar-refractivity contribution is 6.30. The van der Waals surface area contributed by atoms with E-state index in [4.69, 9.17) is 11.6 Å². The largest absolute Gasteiger partial charge is 0.372 e. The van der Waals surface area contributed by atoms with Crippen molar-refractivity contribution in [3.63, 3.8) is 0 Å². The van der Waals surface area contributed by atoms with Crippen molar-refractivity contribution in [3.8, 4) is 0 Å². The summed E-state index contributed by atoms with van der Waals surface area (Å²) < 4.78 is 13.2. The van der Waals surface area contributed by atoms with Crippen LogP contribution in [0.1, 0.15) is 30.7 Å². The van der Waals surface area contributed by atoms with E-state index in [1.165, 1.54) is 12.1 Å². The molecule has 8 heteroatoms. The van der Waals surface area contributed by atoms with E-state index in [2.05, 4.69) is 20.3 Å². The van der Waals surface area contributed by atoms with Gasteiger partial charge in [-0.25, -0.2) is 19.3 Å². The fourth-order valence-electron chi connectivity index (χ4n) is 2.52. The number of nitrogens with zero attached hydrogens (tertiary/aromatic N) is 3. The number of halogens is 2. The summed E-state index contributed by atoms with van der Waals surface area (Å²) in [7, 11) is 1.76. The van der Waals surface area contributed by atoms with E-state index < -0.39 is 5.82 Å². The number of pyridine rings is 1. The van der Waals surface area contributed by atoms with Gasteiger partial charge in [0.15, 0.2) is 5.65 Å². The molecule has 0 atom stereocenters. The molecule has 2 heterocycles. The maximum atomic E-state index is 13.2. The minimum absolute atomic E-state index is 0. The molecule has 1 aromatic carbocycles. The number of hydrogen-bond donors (Lipinski definition) is 1. The van der Waals surface area contributed by atoms with Crippen LogP contribution in [0.3, 0.4) is 0 Å². The van der Waals surface area contributed by atoms with Crippen LogP contribution in [0.25, 0.3) is 11.2 Å². The third-order valence-electron chi connectivity index (χ3n) is 3.86. The average Bonchev–Trinajstić information content (AvgIpc) is 2.66. The lowest BCUT2D eigenvalue weighted by Gasteiger charge is -2.08. The van der Waals surface area contributed by atoms with Crippen molar-refractivity contribution in [3.05, 3.63) is 58.1 Å². The maximum Gasteiger partial charge on any atom is 0.180 e. The van der Waals surface area contributed by atoms with Gasteiger partial charge in [-0.3, -0.25) is 4.79 Å². The van der Waals surface area contributed by atoms with E-state index in [1.807, 2.05) is 26.8 Å². The van der Waals surface area contributed by atoms with E-state index in [9.17, 15) is 9.18 Å². The number of carbonyl (C=O) groups is 1. The summed E-state index contributed by atoms with van der Waals surface area (Å²) in [6.07, 6.45) is 2.02. The van der Waals surface area contributed by atoms with Gasteiger partial charge in [-0.1, -0.05) is 31.5 Å². The number of hydrogen-bond acceptors (Lipinski definition) is 5. The van der Waals surface area contributed by atoms with Gasteiger partial charge in [0.25, 0.3) is 0 Å². The van der Waals surface area contributed by atoms with Gasteiger partial charge in [0.2, 0.25) is 0 Å². The summed E-state index contributed by atoms with van der Waals surface area (Å²) in [4.78, 5) is 25.4. The van der Waals surface area contributed by atoms with Gasteiger partial charge >= 0.3 is 0 Å². The second-order valence-corrected chi connectivity index (χ2v) is 6.13. The smallest absolute Gasteiger partial charge is 0.180 e. The minimum Gasteiger partial charge on any atom is -0.372 e. The topological polar surface area (TPSA) is 67.8 Å². The fourth-order valence-corrected chi connectivity index (χ4v) is 2.73. The molecule has 0 fully saturated rings. The van der Waals surface area contributed by atoms with Crippen molar-refractivity contribution in [1.29, 1.82) is 0 Å². The van der Waals surface area contributed by atoms with E-state index in [1.54, 1.807) is 19.3 Å². The summed E-state index contributed by atoms with van der Waals surface area (Å²) in [6, 6.07) is 6.14. The molecule has 0 aliphatic carbocycles. The Balaban J connectivity index is 0.00000127. The zero-order chi connectivity index (χ0) is 20.0. The highest BCUT2D eigenvalue weighted by Crippen LogP contribution is 2.19. The molecule has 0 saturated carbocycles. The fraction of sp³-hybridized carbons (Fsp3) is 0.300. The molecule has 2 aromatic heterocycles. The lowest BCUT2D eigenvalue weighted by atomic mass is 10.0. The zero-order valence-electron chi connectivity index (χ0n) is 16.4. The van der Waals surface area contributed by atoms with Gasteiger partial charge in [-0.05, 0) is 36.2 Å². The summed E-state index contributed by atoms with van der Waals surface area (Å²) >= 11 is 5.76. The number of carbonyl (C=O) groups excluding carboxylic acids is 1. The van der Waals surface area contributed by atoms with Crippen LogP contribution in [0.5, 0.6) is 0 Å². The average molecular weight is 400 g/mol. The molecule has 5 nitrogen and oxygen atoms in total. The number of rotatable bonds is 5. The first-order chi connectivity index (χ1) is 13.0. The Hall–Kier alpha value is -2.54. The third kappa shape index (κ3) is 5.73. The number of benzene rings is 1. The van der Waals surface area contributed by atoms with E-state index in [-0.39, 0.29) is 32.1 Å². The lowest BCUT2D eigenvalue weighted by Crippen LogP contribution is -2.09. The summed E-state index contributed by atoms with van der Waals surface area (Å²) in [5.41, 5.74) is 3.39. The second kappa shape index (κ2) is 10.7. The number of nitrogens with one attached hydrogen (secondary N) is 1. The Morgan fingerprint density at radius 2 is 1.89 bits per heavy atom. The Kier molecular flexibility index (Phi) is 8.99. The Morgan fingerprint density at radius 3 is 2.54 bits per heavy atom. The van der Waals surface area contributed by atoms with Gasteiger partial charge < -0.3 is 5.32 Å². The molecule has 0 saturated heterocycles. The predicted molar refractivity (Wildman–Crippen MR) is 113 cm³/mol. The predicted octanol–water partition coefficient (Wildman–Crippen LogP) is 4.17. The standard InChI is InChI=1S/C18H16ClFN4O.C2H6.B/c1-10-12(8-16-18(23-10)24-17(21-2)9-22-16)7-13(25)5-11-3-4-15(20)14(19)6-11;1-2;/h3-4,6,8-9H,5,7H2,1-2H3,(H,21,23,24);1-2H3;. The number of Topliss-reactive ketones (excluding diaryl/α,β-unsaturated/α-hetero) is 1. The number of aryl methyl sites for hydroxylation is 1. The molecule has 3 aromatic rings. The molecule has 0 spiro atoms. The molecule has 3 rings (SSSR count). The quantitative estimate of drug-likeness (QED) is 0.652. The molecule has 0 aliphatic rings. The SMILES string of the molecule is CC.CNc1cnc2cc(CC(=O)Cc3ccc(F)c(Cl)c3)c(C)nc2n1.[B]. The van der Waals surface area contributed by atoms with Crippen LogP contribution < -0.4 is 5.32 Å². The van der Waals surface area contributed by atoms with Crippen LogP contribution in [0.2, 0.25) is 5.02 Å². The second-order valence-electron chi connectivity index (χ2n) is 5.72. The van der Waals surface area contributed by atoms with Crippen molar-refractivity contribution in [2.45, 2.75) is 33.6 Å². The first kappa shape index (κ1) is 23.5. The van der Waals surface area contributed by atoms with Crippen LogP contribution in [0.4, 0.5) is 10.2 Å². The molecule has 28 heavy (non-hydrogen) atoms. The van der Waals surface area contributed by atoms with Gasteiger partial charge in [0, 0.05) is 34.0 Å². The monoisotopic (exact) mass is 399 g/mol. The molecule has 0 bridgehead atoms. The molecule has 0 amide bonds. The number of anilines is 1. The first-order valence-corrected chi connectivity index (χ1v) is 9.10. The van der Waals surface area contributed by atoms with Crippen LogP contribution in [-0.2, 0) is 17.6 Å². The van der Waals surface area contributed by atoms with Gasteiger partial charge in [-0.2, -0.15) is 0 Å². The van der Waals surface area contributed by atoms with Crippen molar-refractivity contribution >= 4 is 42.8 Å². The highest BCUT2D eigenvalue weighted by Gasteiger charge is 2.12. The number of aromatic nitrogens is 3. The number of ketones is 1. The van der Waals surface area contributed by atoms with Gasteiger partial charge in [-0.15, -0.1) is 0 Å². The normalized spacial score (nSPS) is 9.93. The van der Waals surface area contributed by atoms with E-state index in [0.717, 1.165) is 11.3 Å². The van der Waals surface area contributed by atoms with Crippen molar-refractivity contribution in [2.75, 3.05) is 12.4 Å². The first-order valence-electron chi connectivity index (χ1n) is 8.73. The zero-order valence-corrected chi connectivity index (χ0v) is 17.1. The van der Waals surface area contributed by atoms with E-state index in [0.29, 0.717) is 22.5 Å². The van der Waals surface area contributed by atoms with Crippen LogP contribution >= 0.6 is 11.6 Å².